The minimum absolute atomic E-state index is 0.0325. The first kappa shape index (κ1) is 18.1. The Morgan fingerprint density at radius 2 is 2.15 bits per heavy atom. The van der Waals surface area contributed by atoms with Crippen molar-refractivity contribution in [3.8, 4) is 0 Å². The molecule has 1 aromatic heterocycles. The lowest BCUT2D eigenvalue weighted by Gasteiger charge is -2.29. The van der Waals surface area contributed by atoms with Crippen LogP contribution in [0.1, 0.15) is 46.3 Å². The van der Waals surface area contributed by atoms with Crippen LogP contribution >= 0.6 is 11.3 Å². The van der Waals surface area contributed by atoms with Gasteiger partial charge in [0.25, 0.3) is 5.91 Å². The zero-order valence-electron chi connectivity index (χ0n) is 15.7. The van der Waals surface area contributed by atoms with E-state index in [0.717, 1.165) is 42.5 Å². The number of hydrogen-bond acceptors (Lipinski definition) is 5. The third-order valence-corrected chi connectivity index (χ3v) is 6.41. The zero-order valence-corrected chi connectivity index (χ0v) is 16.5. The van der Waals surface area contributed by atoms with Gasteiger partial charge in [0.2, 0.25) is 5.91 Å². The highest BCUT2D eigenvalue weighted by molar-refractivity contribution is 7.15. The number of piperidine rings is 1. The molecule has 0 radical (unpaired) electrons. The van der Waals surface area contributed by atoms with Crippen molar-refractivity contribution in [2.45, 2.75) is 39.7 Å². The van der Waals surface area contributed by atoms with Gasteiger partial charge in [0.1, 0.15) is 0 Å². The number of amides is 2. The SMILES string of the molecule is Cc1nc(NC(=O)c2ccc3c(c2)CC(=O)N3)sc1CN1CCC(C)CC1. The van der Waals surface area contributed by atoms with Gasteiger partial charge in [-0.3, -0.25) is 19.8 Å². The average Bonchev–Trinajstić information content (AvgIpc) is 3.17. The van der Waals surface area contributed by atoms with Crippen LogP contribution in [0.5, 0.6) is 0 Å². The van der Waals surface area contributed by atoms with Gasteiger partial charge in [-0.1, -0.05) is 6.92 Å². The van der Waals surface area contributed by atoms with E-state index in [1.165, 1.54) is 17.7 Å². The molecule has 1 fully saturated rings. The summed E-state index contributed by atoms with van der Waals surface area (Å²) >= 11 is 1.55. The minimum atomic E-state index is -0.191. The van der Waals surface area contributed by atoms with Gasteiger partial charge >= 0.3 is 0 Å². The van der Waals surface area contributed by atoms with Crippen LogP contribution in [0.15, 0.2) is 18.2 Å². The Bertz CT molecular complexity index is 884. The van der Waals surface area contributed by atoms with Gasteiger partial charge in [-0.25, -0.2) is 4.98 Å². The number of carbonyl (C=O) groups excluding carboxylic acids is 2. The second-order valence-corrected chi connectivity index (χ2v) is 8.62. The Kier molecular flexibility index (Phi) is 4.97. The van der Waals surface area contributed by atoms with E-state index in [1.807, 2.05) is 6.92 Å². The fourth-order valence-corrected chi connectivity index (χ4v) is 4.59. The van der Waals surface area contributed by atoms with Crippen molar-refractivity contribution >= 4 is 34.0 Å². The number of rotatable bonds is 4. The highest BCUT2D eigenvalue weighted by Crippen LogP contribution is 2.28. The number of likely N-dealkylation sites (tertiary alicyclic amines) is 1. The molecule has 7 heteroatoms. The smallest absolute Gasteiger partial charge is 0.257 e. The van der Waals surface area contributed by atoms with Crippen LogP contribution in [0.4, 0.5) is 10.8 Å². The third kappa shape index (κ3) is 4.04. The molecule has 0 atom stereocenters. The molecule has 0 spiro atoms. The van der Waals surface area contributed by atoms with Crippen LogP contribution in [-0.2, 0) is 17.8 Å². The van der Waals surface area contributed by atoms with E-state index >= 15 is 0 Å². The molecule has 0 saturated carbocycles. The molecule has 2 aliphatic rings. The maximum absolute atomic E-state index is 12.6. The average molecular weight is 385 g/mol. The molecule has 4 rings (SSSR count). The van der Waals surface area contributed by atoms with Gasteiger partial charge < -0.3 is 5.32 Å². The van der Waals surface area contributed by atoms with Crippen molar-refractivity contribution < 1.29 is 9.59 Å². The molecule has 2 N–H and O–H groups in total. The van der Waals surface area contributed by atoms with Gasteiger partial charge in [0, 0.05) is 22.7 Å². The Morgan fingerprint density at radius 1 is 1.37 bits per heavy atom. The highest BCUT2D eigenvalue weighted by Gasteiger charge is 2.21. The normalized spacial score (nSPS) is 17.6. The number of aromatic nitrogens is 1. The summed E-state index contributed by atoms with van der Waals surface area (Å²) in [6.07, 6.45) is 2.82. The molecular weight excluding hydrogens is 360 g/mol. The van der Waals surface area contributed by atoms with E-state index in [-0.39, 0.29) is 11.8 Å². The summed E-state index contributed by atoms with van der Waals surface area (Å²) < 4.78 is 0. The Balaban J connectivity index is 1.42. The molecule has 0 unspecified atom stereocenters. The number of fused-ring (bicyclic) bond motifs is 1. The summed E-state index contributed by atoms with van der Waals surface area (Å²) in [6.45, 7) is 7.47. The van der Waals surface area contributed by atoms with Crippen LogP contribution in [0, 0.1) is 12.8 Å². The van der Waals surface area contributed by atoms with Crippen LogP contribution in [0.3, 0.4) is 0 Å². The number of hydrogen-bond donors (Lipinski definition) is 2. The molecule has 2 amide bonds. The minimum Gasteiger partial charge on any atom is -0.326 e. The first-order chi connectivity index (χ1) is 13.0. The molecule has 2 aliphatic heterocycles. The number of anilines is 2. The zero-order chi connectivity index (χ0) is 19.0. The van der Waals surface area contributed by atoms with Crippen molar-refractivity contribution in [3.05, 3.63) is 39.9 Å². The fraction of sp³-hybridized carbons (Fsp3) is 0.450. The molecule has 1 saturated heterocycles. The molecule has 0 aliphatic carbocycles. The Hall–Kier alpha value is -2.25. The number of carbonyl (C=O) groups is 2. The number of aryl methyl sites for hydroxylation is 1. The first-order valence-corrected chi connectivity index (χ1v) is 10.2. The Morgan fingerprint density at radius 3 is 2.93 bits per heavy atom. The van der Waals surface area contributed by atoms with Crippen molar-refractivity contribution in [2.24, 2.45) is 5.92 Å². The van der Waals surface area contributed by atoms with Gasteiger partial charge in [-0.2, -0.15) is 0 Å². The topological polar surface area (TPSA) is 74.3 Å². The molecule has 2 aromatic rings. The summed E-state index contributed by atoms with van der Waals surface area (Å²) in [6, 6.07) is 5.29. The fourth-order valence-electron chi connectivity index (χ4n) is 3.59. The maximum atomic E-state index is 12.6. The molecule has 0 bridgehead atoms. The van der Waals surface area contributed by atoms with Crippen molar-refractivity contribution in [1.82, 2.24) is 9.88 Å². The molecule has 6 nitrogen and oxygen atoms in total. The standard InChI is InChI=1S/C20H24N4O2S/c1-12-5-7-24(8-6-12)11-17-13(2)21-20(27-17)23-19(26)14-3-4-16-15(9-14)10-18(25)22-16/h3-4,9,12H,5-8,10-11H2,1-2H3,(H,22,25)(H,21,23,26). The van der Waals surface area contributed by atoms with Crippen LogP contribution in [0.25, 0.3) is 0 Å². The maximum Gasteiger partial charge on any atom is 0.257 e. The van der Waals surface area contributed by atoms with Crippen LogP contribution in [-0.4, -0.2) is 34.8 Å². The second-order valence-electron chi connectivity index (χ2n) is 7.54. The van der Waals surface area contributed by atoms with Crippen molar-refractivity contribution in [2.75, 3.05) is 23.7 Å². The summed E-state index contributed by atoms with van der Waals surface area (Å²) in [5.41, 5.74) is 3.19. The molecule has 27 heavy (non-hydrogen) atoms. The Labute approximate surface area is 163 Å². The van der Waals surface area contributed by atoms with E-state index in [0.29, 0.717) is 17.1 Å². The van der Waals surface area contributed by atoms with Crippen molar-refractivity contribution in [1.29, 1.82) is 0 Å². The summed E-state index contributed by atoms with van der Waals surface area (Å²) in [4.78, 5) is 32.3. The van der Waals surface area contributed by atoms with Gasteiger partial charge in [0.15, 0.2) is 5.13 Å². The van der Waals surface area contributed by atoms with E-state index < -0.39 is 0 Å². The molecular formula is C20H24N4O2S. The van der Waals surface area contributed by atoms with Crippen LogP contribution in [0.2, 0.25) is 0 Å². The monoisotopic (exact) mass is 384 g/mol. The van der Waals surface area contributed by atoms with Crippen LogP contribution < -0.4 is 10.6 Å². The quantitative estimate of drug-likeness (QED) is 0.847. The largest absolute Gasteiger partial charge is 0.326 e. The van der Waals surface area contributed by atoms with E-state index in [2.05, 4.69) is 27.4 Å². The lowest BCUT2D eigenvalue weighted by Crippen LogP contribution is -2.32. The summed E-state index contributed by atoms with van der Waals surface area (Å²) in [5.74, 6) is 0.593. The lowest BCUT2D eigenvalue weighted by atomic mass is 9.99. The van der Waals surface area contributed by atoms with Gasteiger partial charge in [-0.15, -0.1) is 11.3 Å². The molecule has 142 valence electrons. The summed E-state index contributed by atoms with van der Waals surface area (Å²) in [7, 11) is 0. The van der Waals surface area contributed by atoms with E-state index in [4.69, 9.17) is 0 Å². The van der Waals surface area contributed by atoms with Gasteiger partial charge in [-0.05, 0) is 62.5 Å². The van der Waals surface area contributed by atoms with Gasteiger partial charge in [0.05, 0.1) is 12.1 Å². The van der Waals surface area contributed by atoms with E-state index in [9.17, 15) is 9.59 Å². The number of thiazole rings is 1. The number of benzene rings is 1. The van der Waals surface area contributed by atoms with E-state index in [1.54, 1.807) is 29.5 Å². The molecule has 1 aromatic carbocycles. The lowest BCUT2D eigenvalue weighted by molar-refractivity contribution is -0.115. The molecule has 3 heterocycles. The first-order valence-electron chi connectivity index (χ1n) is 9.40. The summed E-state index contributed by atoms with van der Waals surface area (Å²) in [5, 5.41) is 6.32. The second kappa shape index (κ2) is 7.40. The predicted octanol–water partition coefficient (Wildman–Crippen LogP) is 3.43. The van der Waals surface area contributed by atoms with Crippen molar-refractivity contribution in [3.63, 3.8) is 0 Å². The predicted molar refractivity (Wildman–Crippen MR) is 107 cm³/mol. The number of nitrogens with one attached hydrogen (secondary N) is 2. The number of nitrogens with zero attached hydrogens (tertiary/aromatic N) is 2. The highest BCUT2D eigenvalue weighted by atomic mass is 32.1. The third-order valence-electron chi connectivity index (χ3n) is 5.35.